The highest BCUT2D eigenvalue weighted by molar-refractivity contribution is 6.03. The van der Waals surface area contributed by atoms with E-state index in [0.29, 0.717) is 31.5 Å². The van der Waals surface area contributed by atoms with Gasteiger partial charge >= 0.3 is 6.09 Å². The summed E-state index contributed by atoms with van der Waals surface area (Å²) in [5.74, 6) is 0.771. The number of hydrogen-bond donors (Lipinski definition) is 5. The Morgan fingerprint density at radius 1 is 0.984 bits per heavy atom. The van der Waals surface area contributed by atoms with Crippen LogP contribution in [-0.2, 0) is 35.0 Å². The summed E-state index contributed by atoms with van der Waals surface area (Å²) >= 11 is 0. The summed E-state index contributed by atoms with van der Waals surface area (Å²) in [5, 5.41) is 34.0. The second kappa shape index (κ2) is 24.8. The number of rotatable bonds is 12. The Morgan fingerprint density at radius 3 is 2.33 bits per heavy atom. The van der Waals surface area contributed by atoms with E-state index >= 15 is 0 Å². The van der Waals surface area contributed by atoms with E-state index < -0.39 is 30.7 Å². The van der Waals surface area contributed by atoms with Crippen molar-refractivity contribution in [3.05, 3.63) is 58.7 Å². The van der Waals surface area contributed by atoms with Gasteiger partial charge in [0.05, 0.1) is 24.7 Å². The van der Waals surface area contributed by atoms with E-state index in [9.17, 15) is 29.4 Å². The lowest BCUT2D eigenvalue weighted by atomic mass is 9.95. The molecule has 4 aliphatic heterocycles. The number of fused-ring (bicyclic) bond motifs is 1. The third-order valence-electron chi connectivity index (χ3n) is 13.2. The molecule has 350 valence electrons. The van der Waals surface area contributed by atoms with E-state index in [1.165, 1.54) is 36.0 Å². The number of aliphatic hydroxyl groups is 3. The van der Waals surface area contributed by atoms with Gasteiger partial charge in [-0.25, -0.2) is 4.79 Å². The van der Waals surface area contributed by atoms with E-state index in [-0.39, 0.29) is 43.5 Å². The Bertz CT molecular complexity index is 1780. The van der Waals surface area contributed by atoms with Crippen LogP contribution < -0.4 is 10.6 Å². The van der Waals surface area contributed by atoms with Crippen LogP contribution in [0.3, 0.4) is 0 Å². The number of anilines is 2. The Morgan fingerprint density at radius 2 is 1.67 bits per heavy atom. The van der Waals surface area contributed by atoms with Gasteiger partial charge in [-0.3, -0.25) is 14.4 Å². The first-order valence-electron chi connectivity index (χ1n) is 23.2. The first-order chi connectivity index (χ1) is 30.3. The number of benzene rings is 2. The molecule has 1 aliphatic carbocycles. The van der Waals surface area contributed by atoms with Crippen molar-refractivity contribution in [2.45, 2.75) is 147 Å². The van der Waals surface area contributed by atoms with Crippen LogP contribution in [0.25, 0.3) is 0 Å². The Balaban J connectivity index is 0.000000200. The molecular weight excluding hydrogens is 807 g/mol. The summed E-state index contributed by atoms with van der Waals surface area (Å²) in [5.41, 5.74) is 6.57. The fraction of sp³-hybridized carbons (Fsp3) is 0.667. The van der Waals surface area contributed by atoms with Crippen LogP contribution in [0.5, 0.6) is 0 Å². The number of hydrogen-bond acceptors (Lipinski definition) is 11. The molecule has 4 fully saturated rings. The number of nitrogens with zero attached hydrogens (tertiary/aromatic N) is 3. The van der Waals surface area contributed by atoms with Gasteiger partial charge in [-0.2, -0.15) is 0 Å². The number of carbonyl (C=O) groups excluding carboxylic acids is 4. The standard InChI is InChI=1S/C24H36N4O4.C12H15NO.C12H22O5/c1-19-7-13-27(14-8-19)23(30)17-32-24(31)28-15-10-21(11-16-28)26(2)12-9-20-5-3-4-6-22(20)25-18-29;1-4-9-10-6-7(2)5-8(3)11(10)13-12(9)14;13-7-10-12(15)9(14)6-11(17-10)16-8-4-2-1-3-5-8/h3-6,18-19,21H,7-17H2,1-2H3,(H,25,29);5-6,9H,4H2,1-3H3,(H,13,14);8-15H,1-7H2/t;;9?,10?,11?,12-/m..0/s1. The van der Waals surface area contributed by atoms with Gasteiger partial charge in [-0.15, -0.1) is 0 Å². The molecule has 0 spiro atoms. The second-order valence-corrected chi connectivity index (χ2v) is 18.0. The van der Waals surface area contributed by atoms with E-state index in [0.717, 1.165) is 87.9 Å². The number of carbonyl (C=O) groups is 4. The average molecular weight is 880 g/mol. The number of amides is 4. The maximum Gasteiger partial charge on any atom is 0.410 e. The van der Waals surface area contributed by atoms with E-state index in [2.05, 4.69) is 55.5 Å². The highest BCUT2D eigenvalue weighted by atomic mass is 16.7. The molecule has 7 rings (SSSR count). The fourth-order valence-electron chi connectivity index (χ4n) is 9.25. The van der Waals surface area contributed by atoms with Crippen LogP contribution in [0.2, 0.25) is 0 Å². The Hall–Kier alpha value is -4.12. The SMILES string of the molecule is CC1CCN(C(=O)COC(=O)N2CCC(N(C)CCc3ccccc3NC=O)CC2)CC1.CCC1C(=O)Nc2c(C)cc(C)cc21.OCC1OC(OC2CCCCC2)CC(O)[C@@H]1O. The van der Waals surface area contributed by atoms with Crippen molar-refractivity contribution in [1.29, 1.82) is 0 Å². The minimum absolute atomic E-state index is 0.0589. The molecule has 0 bridgehead atoms. The molecule has 4 heterocycles. The summed E-state index contributed by atoms with van der Waals surface area (Å²) in [7, 11) is 2.10. The fourth-order valence-corrected chi connectivity index (χ4v) is 9.25. The summed E-state index contributed by atoms with van der Waals surface area (Å²) < 4.78 is 16.5. The molecule has 1 saturated carbocycles. The number of aryl methyl sites for hydroxylation is 2. The first-order valence-corrected chi connectivity index (χ1v) is 23.2. The number of piperidine rings is 2. The molecule has 5 atom stereocenters. The summed E-state index contributed by atoms with van der Waals surface area (Å²) in [4.78, 5) is 52.9. The third kappa shape index (κ3) is 14.4. The number of ether oxygens (including phenoxy) is 3. The van der Waals surface area contributed by atoms with E-state index in [1.807, 2.05) is 31.2 Å². The summed E-state index contributed by atoms with van der Waals surface area (Å²) in [6.07, 6.45) is 8.78. The number of para-hydroxylation sites is 1. The smallest absolute Gasteiger partial charge is 0.410 e. The van der Waals surface area contributed by atoms with E-state index in [1.54, 1.807) is 9.80 Å². The minimum atomic E-state index is -1.02. The molecule has 15 heteroatoms. The zero-order valence-electron chi connectivity index (χ0n) is 38.1. The topological polar surface area (TPSA) is 190 Å². The van der Waals surface area contributed by atoms with Crippen molar-refractivity contribution in [2.75, 3.05) is 63.6 Å². The summed E-state index contributed by atoms with van der Waals surface area (Å²) in [6, 6.07) is 12.4. The normalized spacial score (nSPS) is 24.3. The molecule has 15 nitrogen and oxygen atoms in total. The maximum atomic E-state index is 12.4. The molecule has 63 heavy (non-hydrogen) atoms. The van der Waals surface area contributed by atoms with Gasteiger partial charge in [0.15, 0.2) is 12.9 Å². The molecule has 5 N–H and O–H groups in total. The highest BCUT2D eigenvalue weighted by Gasteiger charge is 2.38. The van der Waals surface area contributed by atoms with Crippen molar-refractivity contribution >= 4 is 35.7 Å². The average Bonchev–Trinajstić information content (AvgIpc) is 3.62. The van der Waals surface area contributed by atoms with Crippen molar-refractivity contribution in [1.82, 2.24) is 14.7 Å². The predicted octanol–water partition coefficient (Wildman–Crippen LogP) is 5.50. The molecular formula is C48H73N5O10. The van der Waals surface area contributed by atoms with Crippen LogP contribution in [0.15, 0.2) is 36.4 Å². The third-order valence-corrected chi connectivity index (χ3v) is 13.2. The Labute approximate surface area is 373 Å². The maximum absolute atomic E-state index is 12.4. The number of aliphatic hydroxyl groups excluding tert-OH is 3. The van der Waals surface area contributed by atoms with Gasteiger partial charge < -0.3 is 54.9 Å². The number of nitrogens with one attached hydrogen (secondary N) is 2. The Kier molecular flexibility index (Phi) is 19.6. The molecule has 2 aromatic carbocycles. The second-order valence-electron chi connectivity index (χ2n) is 18.0. The highest BCUT2D eigenvalue weighted by Crippen LogP contribution is 2.37. The lowest BCUT2D eigenvalue weighted by Gasteiger charge is -2.38. The van der Waals surface area contributed by atoms with Crippen molar-refractivity contribution in [3.63, 3.8) is 0 Å². The zero-order chi connectivity index (χ0) is 45.5. The van der Waals surface area contributed by atoms with Gasteiger partial charge in [0, 0.05) is 56.6 Å². The molecule has 4 amide bonds. The van der Waals surface area contributed by atoms with Crippen LogP contribution in [0.1, 0.15) is 113 Å². The van der Waals surface area contributed by atoms with Gasteiger partial charge in [-0.1, -0.05) is 69.0 Å². The monoisotopic (exact) mass is 880 g/mol. The van der Waals surface area contributed by atoms with Gasteiger partial charge in [0.2, 0.25) is 12.3 Å². The zero-order valence-corrected chi connectivity index (χ0v) is 38.1. The van der Waals surface area contributed by atoms with Crippen LogP contribution in [-0.4, -0.2) is 144 Å². The number of likely N-dealkylation sites (tertiary alicyclic amines) is 2. The van der Waals surface area contributed by atoms with Gasteiger partial charge in [-0.05, 0) is 101 Å². The van der Waals surface area contributed by atoms with Crippen LogP contribution in [0, 0.1) is 19.8 Å². The molecule has 4 unspecified atom stereocenters. The molecule has 3 saturated heterocycles. The number of likely N-dealkylation sites (N-methyl/N-ethyl adjacent to an activating group) is 1. The van der Waals surface area contributed by atoms with Gasteiger partial charge in [0.25, 0.3) is 5.91 Å². The molecule has 5 aliphatic rings. The van der Waals surface area contributed by atoms with E-state index in [4.69, 9.17) is 19.3 Å². The van der Waals surface area contributed by atoms with Crippen molar-refractivity contribution in [2.24, 2.45) is 5.92 Å². The van der Waals surface area contributed by atoms with Crippen molar-refractivity contribution in [3.8, 4) is 0 Å². The molecule has 0 radical (unpaired) electrons. The van der Waals surface area contributed by atoms with Crippen molar-refractivity contribution < 1.29 is 48.7 Å². The van der Waals surface area contributed by atoms with Crippen LogP contribution >= 0.6 is 0 Å². The lowest BCUT2D eigenvalue weighted by Crippen LogP contribution is -2.51. The summed E-state index contributed by atoms with van der Waals surface area (Å²) in [6.45, 7) is 11.5. The quantitative estimate of drug-likeness (QED) is 0.169. The molecule has 0 aromatic heterocycles. The first kappa shape index (κ1) is 49.9. The lowest BCUT2D eigenvalue weighted by molar-refractivity contribution is -0.271. The predicted molar refractivity (Wildman–Crippen MR) is 241 cm³/mol. The molecule has 2 aromatic rings. The van der Waals surface area contributed by atoms with Gasteiger partial charge in [0.1, 0.15) is 12.2 Å². The largest absolute Gasteiger partial charge is 0.439 e. The van der Waals surface area contributed by atoms with Crippen LogP contribution in [0.4, 0.5) is 16.2 Å². The minimum Gasteiger partial charge on any atom is -0.439 e.